The SMILES string of the molecule is CC(C)(C)c1ccc(CC2=CC3CCCC(C2)S3=O)cc1. The predicted octanol–water partition coefficient (Wildman–Crippen LogP) is 4.53. The van der Waals surface area contributed by atoms with Crippen molar-refractivity contribution in [1.29, 1.82) is 0 Å². The maximum atomic E-state index is 12.2. The molecule has 3 rings (SSSR count). The smallest absolute Gasteiger partial charge is 0.0533 e. The van der Waals surface area contributed by atoms with E-state index in [2.05, 4.69) is 51.1 Å². The monoisotopic (exact) mass is 302 g/mol. The van der Waals surface area contributed by atoms with Crippen LogP contribution in [-0.4, -0.2) is 14.7 Å². The van der Waals surface area contributed by atoms with Gasteiger partial charge in [-0.3, -0.25) is 4.21 Å². The quantitative estimate of drug-likeness (QED) is 0.734. The van der Waals surface area contributed by atoms with Gasteiger partial charge in [-0.15, -0.1) is 0 Å². The Balaban J connectivity index is 1.74. The number of hydrogen-bond donors (Lipinski definition) is 0. The van der Waals surface area contributed by atoms with Gasteiger partial charge in [-0.1, -0.05) is 63.1 Å². The van der Waals surface area contributed by atoms with Crippen LogP contribution >= 0.6 is 0 Å². The largest absolute Gasteiger partial charge is 0.259 e. The van der Waals surface area contributed by atoms with Crippen molar-refractivity contribution in [2.45, 2.75) is 68.8 Å². The Kier molecular flexibility index (Phi) is 4.09. The second-order valence-corrected chi connectivity index (χ2v) is 9.50. The van der Waals surface area contributed by atoms with E-state index < -0.39 is 10.8 Å². The van der Waals surface area contributed by atoms with Crippen molar-refractivity contribution in [2.75, 3.05) is 0 Å². The zero-order chi connectivity index (χ0) is 15.0. The summed E-state index contributed by atoms with van der Waals surface area (Å²) in [4.78, 5) is 0. The molecule has 0 saturated carbocycles. The van der Waals surface area contributed by atoms with Gasteiger partial charge < -0.3 is 0 Å². The highest BCUT2D eigenvalue weighted by Gasteiger charge is 2.32. The average molecular weight is 302 g/mol. The molecule has 1 aromatic rings. The van der Waals surface area contributed by atoms with Gasteiger partial charge in [-0.05, 0) is 42.2 Å². The number of allylic oxidation sites excluding steroid dienone is 1. The van der Waals surface area contributed by atoms with Crippen molar-refractivity contribution in [3.63, 3.8) is 0 Å². The van der Waals surface area contributed by atoms with Gasteiger partial charge in [-0.2, -0.15) is 0 Å². The Hall–Kier alpha value is -0.890. The molecule has 3 unspecified atom stereocenters. The van der Waals surface area contributed by atoms with Gasteiger partial charge in [0.25, 0.3) is 0 Å². The van der Waals surface area contributed by atoms with Crippen molar-refractivity contribution >= 4 is 10.8 Å². The minimum Gasteiger partial charge on any atom is -0.259 e. The molecule has 0 N–H and O–H groups in total. The fourth-order valence-electron chi connectivity index (χ4n) is 3.50. The molecule has 2 aliphatic rings. The molecule has 21 heavy (non-hydrogen) atoms. The molecule has 1 aromatic carbocycles. The van der Waals surface area contributed by atoms with Crippen LogP contribution in [0.25, 0.3) is 0 Å². The van der Waals surface area contributed by atoms with E-state index in [0.717, 1.165) is 25.7 Å². The van der Waals surface area contributed by atoms with Crippen LogP contribution in [0.1, 0.15) is 57.6 Å². The van der Waals surface area contributed by atoms with Crippen LogP contribution < -0.4 is 0 Å². The molecule has 2 heteroatoms. The van der Waals surface area contributed by atoms with Gasteiger partial charge in [0, 0.05) is 16.0 Å². The summed E-state index contributed by atoms with van der Waals surface area (Å²) in [5, 5.41) is 0.763. The first-order valence-electron chi connectivity index (χ1n) is 8.12. The number of fused-ring (bicyclic) bond motifs is 2. The van der Waals surface area contributed by atoms with Crippen LogP contribution in [0, 0.1) is 0 Å². The van der Waals surface area contributed by atoms with Crippen LogP contribution in [-0.2, 0) is 22.6 Å². The lowest BCUT2D eigenvalue weighted by molar-refractivity contribution is 0.563. The van der Waals surface area contributed by atoms with Gasteiger partial charge in [0.05, 0.1) is 5.25 Å². The summed E-state index contributed by atoms with van der Waals surface area (Å²) in [7, 11) is -0.606. The standard InChI is InChI=1S/C19H26OS/c1-19(2,3)16-9-7-14(8-10-16)11-15-12-17-5-4-6-18(13-15)21(17)20/h7-10,12,17-18H,4-6,11,13H2,1-3H3. The second kappa shape index (κ2) is 5.72. The lowest BCUT2D eigenvalue weighted by atomic mass is 9.86. The lowest BCUT2D eigenvalue weighted by Gasteiger charge is -2.32. The maximum absolute atomic E-state index is 12.2. The van der Waals surface area contributed by atoms with E-state index in [1.54, 1.807) is 0 Å². The van der Waals surface area contributed by atoms with Crippen molar-refractivity contribution < 1.29 is 4.21 Å². The first-order valence-corrected chi connectivity index (χ1v) is 9.39. The van der Waals surface area contributed by atoms with Crippen LogP contribution in [0.4, 0.5) is 0 Å². The third kappa shape index (κ3) is 3.31. The maximum Gasteiger partial charge on any atom is 0.0533 e. The van der Waals surface area contributed by atoms with E-state index in [9.17, 15) is 4.21 Å². The van der Waals surface area contributed by atoms with Gasteiger partial charge >= 0.3 is 0 Å². The van der Waals surface area contributed by atoms with E-state index in [0.29, 0.717) is 10.5 Å². The van der Waals surface area contributed by atoms with Crippen molar-refractivity contribution in [1.82, 2.24) is 0 Å². The number of hydrogen-bond acceptors (Lipinski definition) is 1. The van der Waals surface area contributed by atoms with Crippen LogP contribution in [0.2, 0.25) is 0 Å². The first-order chi connectivity index (χ1) is 9.93. The molecule has 2 bridgehead atoms. The van der Waals surface area contributed by atoms with Crippen molar-refractivity contribution in [3.05, 3.63) is 47.0 Å². The molecule has 0 radical (unpaired) electrons. The molecular weight excluding hydrogens is 276 g/mol. The van der Waals surface area contributed by atoms with Crippen LogP contribution in [0.3, 0.4) is 0 Å². The first kappa shape index (κ1) is 15.0. The predicted molar refractivity (Wildman–Crippen MR) is 91.1 cm³/mol. The molecular formula is C19H26OS. The summed E-state index contributed by atoms with van der Waals surface area (Å²) >= 11 is 0. The van der Waals surface area contributed by atoms with E-state index in [-0.39, 0.29) is 5.41 Å². The van der Waals surface area contributed by atoms with Crippen LogP contribution in [0.15, 0.2) is 35.9 Å². The second-order valence-electron chi connectivity index (χ2n) is 7.57. The van der Waals surface area contributed by atoms with Crippen molar-refractivity contribution in [3.8, 4) is 0 Å². The Morgan fingerprint density at radius 2 is 1.86 bits per heavy atom. The molecule has 0 aromatic heterocycles. The fourth-order valence-corrected chi connectivity index (χ4v) is 5.50. The Morgan fingerprint density at radius 1 is 1.14 bits per heavy atom. The molecule has 0 amide bonds. The highest BCUT2D eigenvalue weighted by Crippen LogP contribution is 2.34. The molecule has 1 saturated heterocycles. The molecule has 0 spiro atoms. The summed E-state index contributed by atoms with van der Waals surface area (Å²) in [5.41, 5.74) is 4.51. The van der Waals surface area contributed by atoms with E-state index in [4.69, 9.17) is 0 Å². The summed E-state index contributed by atoms with van der Waals surface area (Å²) < 4.78 is 12.2. The Labute approximate surface area is 131 Å². The highest BCUT2D eigenvalue weighted by molar-refractivity contribution is 7.86. The molecule has 1 fully saturated rings. The Morgan fingerprint density at radius 3 is 2.48 bits per heavy atom. The summed E-state index contributed by atoms with van der Waals surface area (Å²) in [6, 6.07) is 9.06. The summed E-state index contributed by atoms with van der Waals surface area (Å²) in [5.74, 6) is 0. The van der Waals surface area contributed by atoms with Gasteiger partial charge in [0.15, 0.2) is 0 Å². The fraction of sp³-hybridized carbons (Fsp3) is 0.579. The zero-order valence-electron chi connectivity index (χ0n) is 13.4. The Bertz CT molecular complexity index is 562. The van der Waals surface area contributed by atoms with Gasteiger partial charge in [-0.25, -0.2) is 0 Å². The molecule has 0 aliphatic carbocycles. The van der Waals surface area contributed by atoms with Gasteiger partial charge in [0.2, 0.25) is 0 Å². The number of benzene rings is 1. The van der Waals surface area contributed by atoms with Crippen LogP contribution in [0.5, 0.6) is 0 Å². The molecule has 2 heterocycles. The summed E-state index contributed by atoms with van der Waals surface area (Å²) in [6.45, 7) is 6.76. The van der Waals surface area contributed by atoms with Crippen molar-refractivity contribution in [2.24, 2.45) is 0 Å². The third-order valence-corrected chi connectivity index (χ3v) is 6.83. The normalized spacial score (nSPS) is 29.1. The van der Waals surface area contributed by atoms with E-state index in [1.165, 1.54) is 23.1 Å². The van der Waals surface area contributed by atoms with Gasteiger partial charge in [0.1, 0.15) is 0 Å². The highest BCUT2D eigenvalue weighted by atomic mass is 32.2. The molecule has 1 nitrogen and oxygen atoms in total. The minimum absolute atomic E-state index is 0.219. The minimum atomic E-state index is -0.606. The number of rotatable bonds is 2. The summed E-state index contributed by atoms with van der Waals surface area (Å²) in [6.07, 6.45) is 7.94. The molecule has 114 valence electrons. The zero-order valence-corrected chi connectivity index (χ0v) is 14.2. The van der Waals surface area contributed by atoms with E-state index in [1.807, 2.05) is 0 Å². The molecule has 2 aliphatic heterocycles. The van der Waals surface area contributed by atoms with E-state index >= 15 is 0 Å². The third-order valence-electron chi connectivity index (χ3n) is 4.80. The lowest BCUT2D eigenvalue weighted by Crippen LogP contribution is -2.34. The topological polar surface area (TPSA) is 17.1 Å². The molecule has 3 atom stereocenters. The average Bonchev–Trinajstić information content (AvgIpc) is 2.39.